The first-order valence-corrected chi connectivity index (χ1v) is 6.44. The summed E-state index contributed by atoms with van der Waals surface area (Å²) in [5, 5.41) is 10.6. The molecule has 2 aromatic carbocycles. The normalized spacial score (nSPS) is 10.6. The summed E-state index contributed by atoms with van der Waals surface area (Å²) in [7, 11) is 0. The van der Waals surface area contributed by atoms with Crippen LogP contribution in [0.15, 0.2) is 66.9 Å². The molecule has 0 saturated heterocycles. The molecule has 20 heavy (non-hydrogen) atoms. The average Bonchev–Trinajstić information content (AvgIpc) is 2.49. The molecule has 0 bridgehead atoms. The van der Waals surface area contributed by atoms with Gasteiger partial charge in [-0.2, -0.15) is 4.57 Å². The second-order valence-corrected chi connectivity index (χ2v) is 4.64. The minimum absolute atomic E-state index is 0.0476. The first kappa shape index (κ1) is 12.4. The highest BCUT2D eigenvalue weighted by Gasteiger charge is 2.15. The quantitative estimate of drug-likeness (QED) is 0.583. The number of aromatic nitrogens is 1. The fraction of sp³-hybridized carbons (Fsp3) is 0.0588. The number of phenols is 1. The summed E-state index contributed by atoms with van der Waals surface area (Å²) in [4.78, 5) is 12.3. The number of rotatable bonds is 3. The summed E-state index contributed by atoms with van der Waals surface area (Å²) in [5.74, 6) is 0.274. The van der Waals surface area contributed by atoms with Gasteiger partial charge in [0.1, 0.15) is 5.75 Å². The number of fused-ring (bicyclic) bond motifs is 1. The van der Waals surface area contributed by atoms with Gasteiger partial charge in [-0.25, -0.2) is 0 Å². The maximum atomic E-state index is 12.3. The lowest BCUT2D eigenvalue weighted by atomic mass is 10.1. The fourth-order valence-electron chi connectivity index (χ4n) is 2.29. The summed E-state index contributed by atoms with van der Waals surface area (Å²) >= 11 is 0. The molecule has 0 aliphatic heterocycles. The molecule has 0 saturated carbocycles. The van der Waals surface area contributed by atoms with Crippen molar-refractivity contribution in [1.82, 2.24) is 0 Å². The van der Waals surface area contributed by atoms with E-state index in [2.05, 4.69) is 0 Å². The van der Waals surface area contributed by atoms with Crippen molar-refractivity contribution in [2.24, 2.45) is 0 Å². The number of hydrogen-bond donors (Lipinski definition) is 1. The lowest BCUT2D eigenvalue weighted by Crippen LogP contribution is -2.38. The van der Waals surface area contributed by atoms with Gasteiger partial charge in [-0.15, -0.1) is 0 Å². The lowest BCUT2D eigenvalue weighted by Gasteiger charge is -2.02. The largest absolute Gasteiger partial charge is 0.507 e. The maximum Gasteiger partial charge on any atom is 0.227 e. The minimum Gasteiger partial charge on any atom is -0.507 e. The molecule has 3 aromatic rings. The van der Waals surface area contributed by atoms with Crippen LogP contribution >= 0.6 is 0 Å². The first-order valence-electron chi connectivity index (χ1n) is 6.44. The Kier molecular flexibility index (Phi) is 3.17. The SMILES string of the molecule is O=C(C[n+]1cccc2c(O)cccc21)c1ccccc1. The zero-order valence-corrected chi connectivity index (χ0v) is 10.9. The molecule has 3 rings (SSSR count). The number of Topliss-reactive ketones (excluding diaryl/α,β-unsaturated/α-hetero) is 1. The van der Waals surface area contributed by atoms with Gasteiger partial charge in [-0.1, -0.05) is 36.4 Å². The molecule has 0 aliphatic rings. The van der Waals surface area contributed by atoms with E-state index < -0.39 is 0 Å². The Hall–Kier alpha value is -2.68. The molecular formula is C17H14NO2+. The molecule has 0 unspecified atom stereocenters. The molecule has 0 amide bonds. The van der Waals surface area contributed by atoms with Gasteiger partial charge in [-0.3, -0.25) is 4.79 Å². The van der Waals surface area contributed by atoms with Crippen molar-refractivity contribution in [3.05, 3.63) is 72.4 Å². The van der Waals surface area contributed by atoms with Gasteiger partial charge in [0.2, 0.25) is 17.8 Å². The van der Waals surface area contributed by atoms with Gasteiger partial charge in [0.05, 0.1) is 5.39 Å². The molecule has 1 aromatic heterocycles. The number of ketones is 1. The summed E-state index contributed by atoms with van der Waals surface area (Å²) < 4.78 is 1.85. The lowest BCUT2D eigenvalue weighted by molar-refractivity contribution is -0.657. The van der Waals surface area contributed by atoms with Crippen LogP contribution in [-0.4, -0.2) is 10.9 Å². The number of carbonyl (C=O) groups is 1. The Morgan fingerprint density at radius 1 is 0.950 bits per heavy atom. The number of carbonyl (C=O) groups excluding carboxylic acids is 1. The Balaban J connectivity index is 2.00. The monoisotopic (exact) mass is 264 g/mol. The van der Waals surface area contributed by atoms with E-state index in [1.807, 2.05) is 59.3 Å². The van der Waals surface area contributed by atoms with E-state index in [1.165, 1.54) is 0 Å². The van der Waals surface area contributed by atoms with Crippen molar-refractivity contribution in [1.29, 1.82) is 0 Å². The summed E-state index contributed by atoms with van der Waals surface area (Å²) in [6.45, 7) is 0.255. The highest BCUT2D eigenvalue weighted by molar-refractivity contribution is 5.95. The van der Waals surface area contributed by atoms with E-state index in [-0.39, 0.29) is 18.1 Å². The Bertz CT molecular complexity index is 766. The van der Waals surface area contributed by atoms with Crippen molar-refractivity contribution in [3.63, 3.8) is 0 Å². The average molecular weight is 264 g/mol. The van der Waals surface area contributed by atoms with Gasteiger partial charge in [0.25, 0.3) is 0 Å². The van der Waals surface area contributed by atoms with Crippen molar-refractivity contribution < 1.29 is 14.5 Å². The summed E-state index contributed by atoms with van der Waals surface area (Å²) in [6, 6.07) is 18.2. The molecule has 0 radical (unpaired) electrons. The second kappa shape index (κ2) is 5.13. The van der Waals surface area contributed by atoms with E-state index in [1.54, 1.807) is 12.1 Å². The predicted octanol–water partition coefficient (Wildman–Crippen LogP) is 2.72. The molecule has 1 N–H and O–H groups in total. The zero-order chi connectivity index (χ0) is 13.9. The fourth-order valence-corrected chi connectivity index (χ4v) is 2.29. The number of benzene rings is 2. The van der Waals surface area contributed by atoms with Gasteiger partial charge < -0.3 is 5.11 Å². The molecule has 98 valence electrons. The maximum absolute atomic E-state index is 12.3. The van der Waals surface area contributed by atoms with Crippen LogP contribution in [0.5, 0.6) is 5.75 Å². The predicted molar refractivity (Wildman–Crippen MR) is 76.6 cm³/mol. The van der Waals surface area contributed by atoms with Crippen LogP contribution in [0.25, 0.3) is 10.9 Å². The summed E-state index contributed by atoms with van der Waals surface area (Å²) in [5.41, 5.74) is 1.54. The third-order valence-corrected chi connectivity index (χ3v) is 3.31. The van der Waals surface area contributed by atoms with Crippen molar-refractivity contribution in [2.75, 3.05) is 0 Å². The Morgan fingerprint density at radius 3 is 2.55 bits per heavy atom. The molecule has 3 heteroatoms. The van der Waals surface area contributed by atoms with Crippen LogP contribution < -0.4 is 4.57 Å². The highest BCUT2D eigenvalue weighted by Crippen LogP contribution is 2.20. The summed E-state index contributed by atoms with van der Waals surface area (Å²) in [6.07, 6.45) is 1.85. The number of pyridine rings is 1. The van der Waals surface area contributed by atoms with Gasteiger partial charge in [-0.05, 0) is 12.1 Å². The number of nitrogens with zero attached hydrogens (tertiary/aromatic N) is 1. The van der Waals surface area contributed by atoms with Crippen LogP contribution in [-0.2, 0) is 6.54 Å². The van der Waals surface area contributed by atoms with E-state index >= 15 is 0 Å². The standard InChI is InChI=1S/C17H13NO2/c19-16-10-4-9-15-14(16)8-5-11-18(15)12-17(20)13-6-2-1-3-7-13/h1-11H,12H2/p+1. The highest BCUT2D eigenvalue weighted by atomic mass is 16.3. The van der Waals surface area contributed by atoms with Crippen LogP contribution in [0.2, 0.25) is 0 Å². The zero-order valence-electron chi connectivity index (χ0n) is 10.9. The van der Waals surface area contributed by atoms with Crippen molar-refractivity contribution >= 4 is 16.7 Å². The van der Waals surface area contributed by atoms with Crippen molar-refractivity contribution in [3.8, 4) is 5.75 Å². The molecule has 0 aliphatic carbocycles. The van der Waals surface area contributed by atoms with E-state index in [0.29, 0.717) is 5.56 Å². The first-order chi connectivity index (χ1) is 9.75. The topological polar surface area (TPSA) is 41.2 Å². The molecule has 0 atom stereocenters. The minimum atomic E-state index is 0.0476. The van der Waals surface area contributed by atoms with Crippen LogP contribution in [0, 0.1) is 0 Å². The number of aromatic hydroxyl groups is 1. The molecule has 1 heterocycles. The third-order valence-electron chi connectivity index (χ3n) is 3.31. The smallest absolute Gasteiger partial charge is 0.227 e. The third kappa shape index (κ3) is 2.26. The van der Waals surface area contributed by atoms with Crippen LogP contribution in [0.4, 0.5) is 0 Å². The Labute approximate surface area is 116 Å². The van der Waals surface area contributed by atoms with Gasteiger partial charge in [0.15, 0.2) is 6.20 Å². The van der Waals surface area contributed by atoms with E-state index in [4.69, 9.17) is 0 Å². The van der Waals surface area contributed by atoms with Crippen molar-refractivity contribution in [2.45, 2.75) is 6.54 Å². The molecule has 0 spiro atoms. The van der Waals surface area contributed by atoms with E-state index in [0.717, 1.165) is 10.9 Å². The molecule has 0 fully saturated rings. The molecule has 3 nitrogen and oxygen atoms in total. The molecular weight excluding hydrogens is 250 g/mol. The van der Waals surface area contributed by atoms with Gasteiger partial charge >= 0.3 is 0 Å². The number of phenolic OH excluding ortho intramolecular Hbond substituents is 1. The van der Waals surface area contributed by atoms with E-state index in [9.17, 15) is 9.90 Å². The van der Waals surface area contributed by atoms with Crippen LogP contribution in [0.1, 0.15) is 10.4 Å². The number of hydrogen-bond acceptors (Lipinski definition) is 2. The Morgan fingerprint density at radius 2 is 1.75 bits per heavy atom. The van der Waals surface area contributed by atoms with Crippen LogP contribution in [0.3, 0.4) is 0 Å². The second-order valence-electron chi connectivity index (χ2n) is 4.64. The van der Waals surface area contributed by atoms with Gasteiger partial charge in [0, 0.05) is 17.7 Å².